The fourth-order valence-corrected chi connectivity index (χ4v) is 3.09. The zero-order chi connectivity index (χ0) is 20.1. The third kappa shape index (κ3) is 4.64. The van der Waals surface area contributed by atoms with Crippen LogP contribution in [0.1, 0.15) is 30.1 Å². The average Bonchev–Trinajstić information content (AvgIpc) is 3.23. The predicted octanol–water partition coefficient (Wildman–Crippen LogP) is 2.95. The first-order valence-corrected chi connectivity index (χ1v) is 9.15. The molecule has 0 unspecified atom stereocenters. The van der Waals surface area contributed by atoms with Crippen molar-refractivity contribution in [3.8, 4) is 0 Å². The molecule has 2 aromatic rings. The molecule has 1 atom stereocenters. The molecule has 1 heterocycles. The van der Waals surface area contributed by atoms with Crippen molar-refractivity contribution in [1.82, 2.24) is 5.32 Å². The van der Waals surface area contributed by atoms with Gasteiger partial charge in [-0.15, -0.1) is 0 Å². The third-order valence-electron chi connectivity index (χ3n) is 4.67. The number of non-ortho nitro benzene ring substituents is 1. The lowest BCUT2D eigenvalue weighted by Crippen LogP contribution is -2.41. The van der Waals surface area contributed by atoms with Crippen LogP contribution in [0.4, 0.5) is 17.1 Å². The molecular weight excluding hydrogens is 360 g/mol. The van der Waals surface area contributed by atoms with Gasteiger partial charge in [0.2, 0.25) is 5.91 Å². The molecule has 0 spiro atoms. The first-order chi connectivity index (χ1) is 13.4. The van der Waals surface area contributed by atoms with Crippen molar-refractivity contribution in [2.75, 3.05) is 23.3 Å². The van der Waals surface area contributed by atoms with Crippen LogP contribution in [0.3, 0.4) is 0 Å². The zero-order valence-corrected chi connectivity index (χ0v) is 15.6. The van der Waals surface area contributed by atoms with Gasteiger partial charge in [0, 0.05) is 42.2 Å². The van der Waals surface area contributed by atoms with Gasteiger partial charge in [-0.3, -0.25) is 19.7 Å². The van der Waals surface area contributed by atoms with E-state index in [0.717, 1.165) is 18.8 Å². The van der Waals surface area contributed by atoms with Crippen LogP contribution in [0.2, 0.25) is 0 Å². The van der Waals surface area contributed by atoms with Gasteiger partial charge in [0.1, 0.15) is 6.04 Å². The average molecular weight is 382 g/mol. The van der Waals surface area contributed by atoms with Crippen molar-refractivity contribution in [2.24, 2.45) is 0 Å². The molecule has 3 rings (SSSR count). The Labute approximate surface area is 162 Å². The van der Waals surface area contributed by atoms with Gasteiger partial charge in [-0.1, -0.05) is 6.07 Å². The number of carbonyl (C=O) groups is 2. The molecule has 8 heteroatoms. The summed E-state index contributed by atoms with van der Waals surface area (Å²) in [6.07, 6.45) is 2.39. The second-order valence-corrected chi connectivity index (χ2v) is 6.73. The molecule has 1 saturated heterocycles. The van der Waals surface area contributed by atoms with E-state index in [9.17, 15) is 19.7 Å². The zero-order valence-electron chi connectivity index (χ0n) is 15.6. The summed E-state index contributed by atoms with van der Waals surface area (Å²) in [6.45, 7) is 3.65. The molecule has 8 nitrogen and oxygen atoms in total. The van der Waals surface area contributed by atoms with E-state index in [1.807, 2.05) is 24.3 Å². The number of amides is 2. The van der Waals surface area contributed by atoms with Crippen molar-refractivity contribution in [3.63, 3.8) is 0 Å². The topological polar surface area (TPSA) is 105 Å². The molecule has 1 aliphatic rings. The van der Waals surface area contributed by atoms with Crippen LogP contribution < -0.4 is 15.5 Å². The quantitative estimate of drug-likeness (QED) is 0.590. The second kappa shape index (κ2) is 8.51. The monoisotopic (exact) mass is 382 g/mol. The van der Waals surface area contributed by atoms with E-state index in [0.29, 0.717) is 5.69 Å². The summed E-state index contributed by atoms with van der Waals surface area (Å²) in [5.41, 5.74) is 1.72. The summed E-state index contributed by atoms with van der Waals surface area (Å²) < 4.78 is 0. The number of nitrogens with one attached hydrogen (secondary N) is 2. The second-order valence-electron chi connectivity index (χ2n) is 6.73. The van der Waals surface area contributed by atoms with E-state index in [1.54, 1.807) is 6.92 Å². The maximum Gasteiger partial charge on any atom is 0.270 e. The molecule has 0 aromatic heterocycles. The molecule has 2 N–H and O–H groups in total. The van der Waals surface area contributed by atoms with Crippen molar-refractivity contribution in [1.29, 1.82) is 0 Å². The Morgan fingerprint density at radius 3 is 2.43 bits per heavy atom. The van der Waals surface area contributed by atoms with Gasteiger partial charge < -0.3 is 15.5 Å². The molecule has 0 aliphatic carbocycles. The lowest BCUT2D eigenvalue weighted by atomic mass is 10.1. The Morgan fingerprint density at radius 2 is 1.79 bits per heavy atom. The van der Waals surface area contributed by atoms with Gasteiger partial charge in [-0.25, -0.2) is 0 Å². The lowest BCUT2D eigenvalue weighted by Gasteiger charge is -2.18. The minimum atomic E-state index is -0.801. The molecule has 2 amide bonds. The minimum Gasteiger partial charge on any atom is -0.372 e. The van der Waals surface area contributed by atoms with E-state index >= 15 is 0 Å². The van der Waals surface area contributed by atoms with E-state index in [-0.39, 0.29) is 17.2 Å². The van der Waals surface area contributed by atoms with E-state index in [1.165, 1.54) is 37.1 Å². The van der Waals surface area contributed by atoms with Gasteiger partial charge in [0.15, 0.2) is 0 Å². The minimum absolute atomic E-state index is 0.129. The van der Waals surface area contributed by atoms with Crippen LogP contribution in [-0.4, -0.2) is 35.9 Å². The Balaban J connectivity index is 1.57. The highest BCUT2D eigenvalue weighted by atomic mass is 16.6. The van der Waals surface area contributed by atoms with Crippen LogP contribution in [0.5, 0.6) is 0 Å². The first kappa shape index (κ1) is 19.3. The predicted molar refractivity (Wildman–Crippen MR) is 107 cm³/mol. The molecule has 0 radical (unpaired) electrons. The van der Waals surface area contributed by atoms with Gasteiger partial charge in [0.05, 0.1) is 4.92 Å². The smallest absolute Gasteiger partial charge is 0.270 e. The molecule has 1 aliphatic heterocycles. The Kier molecular flexibility index (Phi) is 5.88. The summed E-state index contributed by atoms with van der Waals surface area (Å²) in [5.74, 6) is -0.913. The number of rotatable bonds is 6. The number of hydrogen-bond acceptors (Lipinski definition) is 5. The molecule has 146 valence electrons. The number of nitrogens with zero attached hydrogens (tertiary/aromatic N) is 2. The summed E-state index contributed by atoms with van der Waals surface area (Å²) in [4.78, 5) is 37.2. The van der Waals surface area contributed by atoms with Crippen molar-refractivity contribution in [2.45, 2.75) is 25.8 Å². The summed E-state index contributed by atoms with van der Waals surface area (Å²) in [5, 5.41) is 16.1. The van der Waals surface area contributed by atoms with E-state index < -0.39 is 16.9 Å². The van der Waals surface area contributed by atoms with Crippen molar-refractivity contribution < 1.29 is 14.5 Å². The highest BCUT2D eigenvalue weighted by Gasteiger charge is 2.19. The van der Waals surface area contributed by atoms with Gasteiger partial charge in [-0.2, -0.15) is 0 Å². The highest BCUT2D eigenvalue weighted by molar-refractivity contribution is 6.01. The van der Waals surface area contributed by atoms with Crippen LogP contribution >= 0.6 is 0 Å². The number of carbonyl (C=O) groups excluding carboxylic acids is 2. The Hall–Kier alpha value is -3.42. The maximum absolute atomic E-state index is 12.4. The number of nitro groups is 1. The van der Waals surface area contributed by atoms with Gasteiger partial charge in [0.25, 0.3) is 11.6 Å². The number of benzene rings is 2. The largest absolute Gasteiger partial charge is 0.372 e. The maximum atomic E-state index is 12.4. The Morgan fingerprint density at radius 1 is 1.11 bits per heavy atom. The van der Waals surface area contributed by atoms with Crippen LogP contribution in [0.15, 0.2) is 48.5 Å². The summed E-state index contributed by atoms with van der Waals surface area (Å²) >= 11 is 0. The summed E-state index contributed by atoms with van der Waals surface area (Å²) in [6, 6.07) is 12.2. The van der Waals surface area contributed by atoms with E-state index in [4.69, 9.17) is 0 Å². The van der Waals surface area contributed by atoms with Crippen molar-refractivity contribution >= 4 is 28.9 Å². The standard InChI is InChI=1S/C20H22N4O4/c1-14(21-20(26)15-5-4-6-18(13-15)24(27)28)19(25)22-16-7-9-17(10-8-16)23-11-2-3-12-23/h4-10,13-14H,2-3,11-12H2,1H3,(H,21,26)(H,22,25)/t14-/m0/s1. The highest BCUT2D eigenvalue weighted by Crippen LogP contribution is 2.22. The lowest BCUT2D eigenvalue weighted by molar-refractivity contribution is -0.384. The van der Waals surface area contributed by atoms with Gasteiger partial charge in [-0.05, 0) is 50.1 Å². The van der Waals surface area contributed by atoms with E-state index in [2.05, 4.69) is 15.5 Å². The third-order valence-corrected chi connectivity index (χ3v) is 4.67. The number of anilines is 2. The summed E-state index contributed by atoms with van der Waals surface area (Å²) in [7, 11) is 0. The molecular formula is C20H22N4O4. The molecule has 2 aromatic carbocycles. The normalized spacial score (nSPS) is 14.4. The first-order valence-electron chi connectivity index (χ1n) is 9.15. The van der Waals surface area contributed by atoms with Gasteiger partial charge >= 0.3 is 0 Å². The fourth-order valence-electron chi connectivity index (χ4n) is 3.09. The van der Waals surface area contributed by atoms with Crippen LogP contribution in [-0.2, 0) is 4.79 Å². The Bertz CT molecular complexity index is 876. The molecule has 0 saturated carbocycles. The molecule has 0 bridgehead atoms. The number of nitro benzene ring substituents is 1. The fraction of sp³-hybridized carbons (Fsp3) is 0.300. The number of hydrogen-bond donors (Lipinski definition) is 2. The molecule has 1 fully saturated rings. The molecule has 28 heavy (non-hydrogen) atoms. The van der Waals surface area contributed by atoms with Crippen molar-refractivity contribution in [3.05, 3.63) is 64.2 Å². The van der Waals surface area contributed by atoms with Crippen LogP contribution in [0, 0.1) is 10.1 Å². The van der Waals surface area contributed by atoms with Crippen LogP contribution in [0.25, 0.3) is 0 Å². The SMILES string of the molecule is C[C@H](NC(=O)c1cccc([N+](=O)[O-])c1)C(=O)Nc1ccc(N2CCCC2)cc1.